The molecule has 1 saturated carbocycles. The average molecular weight is 415 g/mol. The molecule has 0 spiro atoms. The molecule has 0 N–H and O–H groups in total. The standard InChI is InChI=1S/C20H23ClN6S/c1-12-22-19(25-28-12)13-3-5-14(6-4-13)20-24-23-18-11-26(2)10-15-9-16(21)7-8-17(15)27(18)20/h7-9,13-14H,3-6,10-11H2,1-2H3/t13-,14+. The first-order valence-corrected chi connectivity index (χ1v) is 11.0. The molecule has 146 valence electrons. The molecule has 6 nitrogen and oxygen atoms in total. The number of aromatic nitrogens is 5. The quantitative estimate of drug-likeness (QED) is 0.619. The van der Waals surface area contributed by atoms with E-state index >= 15 is 0 Å². The summed E-state index contributed by atoms with van der Waals surface area (Å²) in [6.07, 6.45) is 4.41. The lowest BCUT2D eigenvalue weighted by Crippen LogP contribution is -2.17. The summed E-state index contributed by atoms with van der Waals surface area (Å²) in [6.45, 7) is 3.68. The van der Waals surface area contributed by atoms with E-state index in [4.69, 9.17) is 11.6 Å². The third-order valence-electron chi connectivity index (χ3n) is 5.89. The molecule has 1 aromatic carbocycles. The zero-order valence-electron chi connectivity index (χ0n) is 16.1. The van der Waals surface area contributed by atoms with Gasteiger partial charge in [-0.2, -0.15) is 4.37 Å². The Kier molecular flexibility index (Phi) is 4.69. The Labute approximate surface area is 173 Å². The van der Waals surface area contributed by atoms with Crippen molar-refractivity contribution in [2.75, 3.05) is 7.05 Å². The first kappa shape index (κ1) is 18.2. The fourth-order valence-electron chi connectivity index (χ4n) is 4.54. The summed E-state index contributed by atoms with van der Waals surface area (Å²) in [6, 6.07) is 6.15. The summed E-state index contributed by atoms with van der Waals surface area (Å²) in [4.78, 5) is 6.87. The Morgan fingerprint density at radius 1 is 1.07 bits per heavy atom. The largest absolute Gasteiger partial charge is 0.295 e. The zero-order valence-corrected chi connectivity index (χ0v) is 17.7. The maximum atomic E-state index is 6.27. The van der Waals surface area contributed by atoms with Crippen LogP contribution in [0.15, 0.2) is 18.2 Å². The molecule has 0 saturated heterocycles. The van der Waals surface area contributed by atoms with Crippen LogP contribution in [0, 0.1) is 6.92 Å². The molecule has 0 atom stereocenters. The van der Waals surface area contributed by atoms with Crippen LogP contribution in [0.3, 0.4) is 0 Å². The molecule has 28 heavy (non-hydrogen) atoms. The van der Waals surface area contributed by atoms with Crippen LogP contribution in [0.5, 0.6) is 0 Å². The van der Waals surface area contributed by atoms with Crippen LogP contribution in [0.1, 0.15) is 65.6 Å². The minimum Gasteiger partial charge on any atom is -0.295 e. The maximum Gasteiger partial charge on any atom is 0.151 e. The number of benzene rings is 1. The van der Waals surface area contributed by atoms with Crippen LogP contribution >= 0.6 is 23.1 Å². The number of nitrogens with zero attached hydrogens (tertiary/aromatic N) is 6. The fourth-order valence-corrected chi connectivity index (χ4v) is 5.28. The molecule has 1 aliphatic heterocycles. The van der Waals surface area contributed by atoms with Crippen LogP contribution in [0.25, 0.3) is 5.69 Å². The van der Waals surface area contributed by atoms with E-state index in [-0.39, 0.29) is 0 Å². The minimum absolute atomic E-state index is 0.421. The lowest BCUT2D eigenvalue weighted by Gasteiger charge is -2.27. The van der Waals surface area contributed by atoms with Gasteiger partial charge in [-0.25, -0.2) is 4.98 Å². The van der Waals surface area contributed by atoms with E-state index in [1.54, 1.807) is 0 Å². The summed E-state index contributed by atoms with van der Waals surface area (Å²) in [5, 5.41) is 11.0. The predicted octanol–water partition coefficient (Wildman–Crippen LogP) is 4.47. The molecular formula is C20H23ClN6S. The molecule has 3 aromatic rings. The minimum atomic E-state index is 0.421. The van der Waals surface area contributed by atoms with Gasteiger partial charge in [0.25, 0.3) is 0 Å². The number of halogens is 1. The van der Waals surface area contributed by atoms with Crippen molar-refractivity contribution < 1.29 is 0 Å². The topological polar surface area (TPSA) is 59.7 Å². The molecule has 0 amide bonds. The van der Waals surface area contributed by atoms with Crippen LogP contribution < -0.4 is 0 Å². The molecule has 5 rings (SSSR count). The summed E-state index contributed by atoms with van der Waals surface area (Å²) in [5.41, 5.74) is 2.40. The number of rotatable bonds is 2. The number of aryl methyl sites for hydroxylation is 1. The second-order valence-corrected chi connectivity index (χ2v) is 9.37. The van der Waals surface area contributed by atoms with Gasteiger partial charge in [-0.05, 0) is 74.9 Å². The van der Waals surface area contributed by atoms with Gasteiger partial charge in [0, 0.05) is 23.4 Å². The second-order valence-electron chi connectivity index (χ2n) is 7.98. The van der Waals surface area contributed by atoms with Gasteiger partial charge >= 0.3 is 0 Å². The predicted molar refractivity (Wildman–Crippen MR) is 110 cm³/mol. The summed E-state index contributed by atoms with van der Waals surface area (Å²) in [7, 11) is 2.11. The maximum absolute atomic E-state index is 6.27. The molecule has 0 bridgehead atoms. The molecule has 0 unspecified atom stereocenters. The van der Waals surface area contributed by atoms with E-state index < -0.39 is 0 Å². The van der Waals surface area contributed by atoms with E-state index in [9.17, 15) is 0 Å². The lowest BCUT2D eigenvalue weighted by molar-refractivity contribution is 0.315. The van der Waals surface area contributed by atoms with Crippen LogP contribution in [-0.2, 0) is 13.1 Å². The molecular weight excluding hydrogens is 392 g/mol. The molecule has 3 heterocycles. The molecule has 1 fully saturated rings. The first-order chi connectivity index (χ1) is 13.6. The second kappa shape index (κ2) is 7.21. The molecule has 0 radical (unpaired) electrons. The van der Waals surface area contributed by atoms with Crippen molar-refractivity contribution in [1.82, 2.24) is 29.0 Å². The summed E-state index contributed by atoms with van der Waals surface area (Å²) in [5.74, 6) is 4.03. The van der Waals surface area contributed by atoms with Gasteiger partial charge in [0.05, 0.1) is 12.2 Å². The Morgan fingerprint density at radius 3 is 2.61 bits per heavy atom. The lowest BCUT2D eigenvalue weighted by atomic mass is 9.81. The SMILES string of the molecule is Cc1nc([C@H]2CC[C@@H](c3nnc4n3-c3ccc(Cl)cc3CN(C)C4)CC2)ns1. The van der Waals surface area contributed by atoms with Crippen molar-refractivity contribution in [2.45, 2.75) is 57.5 Å². The Morgan fingerprint density at radius 2 is 1.86 bits per heavy atom. The van der Waals surface area contributed by atoms with Gasteiger partial charge in [0.15, 0.2) is 5.82 Å². The van der Waals surface area contributed by atoms with Gasteiger partial charge in [-0.15, -0.1) is 10.2 Å². The smallest absolute Gasteiger partial charge is 0.151 e. The third-order valence-corrected chi connectivity index (χ3v) is 6.76. The van der Waals surface area contributed by atoms with Gasteiger partial charge in [-0.3, -0.25) is 9.47 Å². The fraction of sp³-hybridized carbons (Fsp3) is 0.500. The normalized spacial score (nSPS) is 22.5. The highest BCUT2D eigenvalue weighted by molar-refractivity contribution is 7.05. The molecule has 2 aromatic heterocycles. The van der Waals surface area contributed by atoms with Crippen LogP contribution in [-0.4, -0.2) is 36.1 Å². The molecule has 1 aliphatic carbocycles. The van der Waals surface area contributed by atoms with Gasteiger partial charge in [-0.1, -0.05) is 11.6 Å². The van der Waals surface area contributed by atoms with Crippen molar-refractivity contribution in [1.29, 1.82) is 0 Å². The van der Waals surface area contributed by atoms with Crippen LogP contribution in [0.2, 0.25) is 5.02 Å². The number of hydrogen-bond acceptors (Lipinski definition) is 6. The highest BCUT2D eigenvalue weighted by atomic mass is 35.5. The molecule has 8 heteroatoms. The summed E-state index contributed by atoms with van der Waals surface area (Å²) < 4.78 is 6.82. The van der Waals surface area contributed by atoms with Gasteiger partial charge < -0.3 is 0 Å². The average Bonchev–Trinajstić information content (AvgIpc) is 3.25. The third kappa shape index (κ3) is 3.25. The van der Waals surface area contributed by atoms with Crippen molar-refractivity contribution in [3.8, 4) is 5.69 Å². The van der Waals surface area contributed by atoms with E-state index in [1.165, 1.54) is 22.8 Å². The van der Waals surface area contributed by atoms with E-state index in [0.717, 1.165) is 66.3 Å². The first-order valence-electron chi connectivity index (χ1n) is 9.80. The number of hydrogen-bond donors (Lipinski definition) is 0. The van der Waals surface area contributed by atoms with E-state index in [2.05, 4.69) is 48.2 Å². The highest BCUT2D eigenvalue weighted by Gasteiger charge is 2.31. The molecule has 2 aliphatic rings. The Balaban J connectivity index is 1.45. The van der Waals surface area contributed by atoms with Gasteiger partial charge in [0.1, 0.15) is 16.7 Å². The highest BCUT2D eigenvalue weighted by Crippen LogP contribution is 2.40. The number of fused-ring (bicyclic) bond motifs is 3. The van der Waals surface area contributed by atoms with Crippen molar-refractivity contribution >= 4 is 23.1 Å². The van der Waals surface area contributed by atoms with Crippen molar-refractivity contribution in [3.63, 3.8) is 0 Å². The van der Waals surface area contributed by atoms with Crippen molar-refractivity contribution in [2.24, 2.45) is 0 Å². The van der Waals surface area contributed by atoms with E-state index in [0.29, 0.717) is 11.8 Å². The van der Waals surface area contributed by atoms with E-state index in [1.807, 2.05) is 13.0 Å². The Bertz CT molecular complexity index is 1000. The monoisotopic (exact) mass is 414 g/mol. The van der Waals surface area contributed by atoms with Gasteiger partial charge in [0.2, 0.25) is 0 Å². The van der Waals surface area contributed by atoms with Crippen LogP contribution in [0.4, 0.5) is 0 Å². The van der Waals surface area contributed by atoms with Crippen molar-refractivity contribution in [3.05, 3.63) is 51.3 Å². The Hall–Kier alpha value is -1.83. The zero-order chi connectivity index (χ0) is 19.3. The summed E-state index contributed by atoms with van der Waals surface area (Å²) >= 11 is 7.78.